The summed E-state index contributed by atoms with van der Waals surface area (Å²) in [6, 6.07) is 0.933. The average Bonchev–Trinajstić information content (AvgIpc) is 2.41. The first-order valence-electron chi connectivity index (χ1n) is 5.96. The molecule has 4 nitrogen and oxygen atoms in total. The first kappa shape index (κ1) is 14.2. The lowest BCUT2D eigenvalue weighted by Gasteiger charge is -2.22. The highest BCUT2D eigenvalue weighted by molar-refractivity contribution is 6.17. The Morgan fingerprint density at radius 1 is 1.50 bits per heavy atom. The molecule has 0 aromatic heterocycles. The molecule has 1 N–H and O–H groups in total. The van der Waals surface area contributed by atoms with Crippen molar-refractivity contribution < 1.29 is 23.5 Å². The second-order valence-corrected chi connectivity index (χ2v) is 4.62. The highest BCUT2D eigenvalue weighted by Crippen LogP contribution is 2.35. The standard InChI is InChI=1S/C14H12F2NO3/c1-6(5-18)8-3-10(15)9-4-17-7(2)11(14(19)20)12(9)13(8)16/h3,5-6H,4H2,1-2H3,(H,19,20). The van der Waals surface area contributed by atoms with Crippen LogP contribution in [-0.2, 0) is 16.1 Å². The van der Waals surface area contributed by atoms with E-state index in [1.54, 1.807) is 0 Å². The molecule has 0 amide bonds. The Balaban J connectivity index is 2.80. The molecule has 1 aromatic carbocycles. The van der Waals surface area contributed by atoms with Crippen molar-refractivity contribution in [1.29, 1.82) is 0 Å². The third-order valence-corrected chi connectivity index (χ3v) is 3.34. The van der Waals surface area contributed by atoms with E-state index in [4.69, 9.17) is 0 Å². The van der Waals surface area contributed by atoms with Crippen molar-refractivity contribution in [2.24, 2.45) is 0 Å². The van der Waals surface area contributed by atoms with Crippen LogP contribution in [0.5, 0.6) is 0 Å². The summed E-state index contributed by atoms with van der Waals surface area (Å²) in [5.41, 5.74) is -0.757. The average molecular weight is 280 g/mol. The smallest absolute Gasteiger partial charge is 0.338 e. The normalized spacial score (nSPS) is 15.4. The molecule has 0 saturated heterocycles. The fourth-order valence-corrected chi connectivity index (χ4v) is 2.22. The van der Waals surface area contributed by atoms with E-state index in [9.17, 15) is 23.5 Å². The summed E-state index contributed by atoms with van der Waals surface area (Å²) >= 11 is 0. The van der Waals surface area contributed by atoms with Gasteiger partial charge in [-0.2, -0.15) is 0 Å². The number of fused-ring (bicyclic) bond motifs is 1. The second kappa shape index (κ2) is 5.03. The molecule has 2 rings (SSSR count). The Bertz CT molecular complexity index is 638. The number of carboxylic acids is 1. The van der Waals surface area contributed by atoms with Crippen LogP contribution in [0.25, 0.3) is 5.57 Å². The maximum atomic E-state index is 14.5. The van der Waals surface area contributed by atoms with Crippen LogP contribution in [0.2, 0.25) is 0 Å². The minimum atomic E-state index is -1.37. The molecule has 1 radical (unpaired) electrons. The highest BCUT2D eigenvalue weighted by atomic mass is 19.1. The third-order valence-electron chi connectivity index (χ3n) is 3.34. The minimum absolute atomic E-state index is 0.0904. The van der Waals surface area contributed by atoms with Gasteiger partial charge in [-0.3, -0.25) is 5.32 Å². The lowest BCUT2D eigenvalue weighted by atomic mass is 9.89. The summed E-state index contributed by atoms with van der Waals surface area (Å²) in [5.74, 6) is -3.85. The summed E-state index contributed by atoms with van der Waals surface area (Å²) in [6.07, 6.45) is 0.481. The van der Waals surface area contributed by atoms with Gasteiger partial charge in [0.2, 0.25) is 0 Å². The van der Waals surface area contributed by atoms with Crippen molar-refractivity contribution in [2.45, 2.75) is 26.3 Å². The van der Waals surface area contributed by atoms with Crippen LogP contribution in [0.1, 0.15) is 36.5 Å². The molecule has 1 heterocycles. The van der Waals surface area contributed by atoms with E-state index in [1.165, 1.54) is 13.8 Å². The van der Waals surface area contributed by atoms with Crippen LogP contribution in [0.3, 0.4) is 0 Å². The molecule has 0 bridgehead atoms. The van der Waals surface area contributed by atoms with Gasteiger partial charge in [0, 0.05) is 28.3 Å². The molecule has 0 spiro atoms. The number of hydrogen-bond donors (Lipinski definition) is 1. The van der Waals surface area contributed by atoms with E-state index in [0.29, 0.717) is 6.29 Å². The Morgan fingerprint density at radius 3 is 2.70 bits per heavy atom. The van der Waals surface area contributed by atoms with Crippen molar-refractivity contribution >= 4 is 17.8 Å². The van der Waals surface area contributed by atoms with E-state index < -0.39 is 23.5 Å². The molecule has 1 aliphatic heterocycles. The van der Waals surface area contributed by atoms with Crippen LogP contribution in [0.15, 0.2) is 11.8 Å². The zero-order valence-electron chi connectivity index (χ0n) is 10.9. The number of hydrogen-bond acceptors (Lipinski definition) is 2. The Hall–Kier alpha value is -2.24. The van der Waals surface area contributed by atoms with Gasteiger partial charge in [-0.15, -0.1) is 0 Å². The summed E-state index contributed by atoms with van der Waals surface area (Å²) in [6.45, 7) is 2.73. The second-order valence-electron chi connectivity index (χ2n) is 4.62. The number of rotatable bonds is 3. The number of carbonyl (C=O) groups excluding carboxylic acids is 1. The Labute approximate surface area is 114 Å². The fraction of sp³-hybridized carbons (Fsp3) is 0.286. The van der Waals surface area contributed by atoms with Gasteiger partial charge in [0.15, 0.2) is 0 Å². The first-order valence-corrected chi connectivity index (χ1v) is 5.96. The molecule has 1 aliphatic rings. The molecule has 0 aliphatic carbocycles. The lowest BCUT2D eigenvalue weighted by molar-refractivity contribution is -0.130. The van der Waals surface area contributed by atoms with Gasteiger partial charge in [-0.1, -0.05) is 6.92 Å². The zero-order valence-corrected chi connectivity index (χ0v) is 10.9. The number of aliphatic carboxylic acids is 1. The molecule has 1 unspecified atom stereocenters. The number of aldehydes is 1. The van der Waals surface area contributed by atoms with Crippen molar-refractivity contribution in [2.75, 3.05) is 0 Å². The van der Waals surface area contributed by atoms with Crippen LogP contribution < -0.4 is 5.32 Å². The Kier molecular flexibility index (Phi) is 3.57. The third kappa shape index (κ3) is 2.07. The number of nitrogens with zero attached hydrogens (tertiary/aromatic N) is 1. The van der Waals surface area contributed by atoms with Gasteiger partial charge in [0.1, 0.15) is 17.9 Å². The molecule has 6 heteroatoms. The molecular formula is C14H12F2NO3. The predicted molar refractivity (Wildman–Crippen MR) is 66.9 cm³/mol. The van der Waals surface area contributed by atoms with Gasteiger partial charge in [-0.25, -0.2) is 13.6 Å². The van der Waals surface area contributed by atoms with Gasteiger partial charge < -0.3 is 9.90 Å². The van der Waals surface area contributed by atoms with Gasteiger partial charge in [-0.05, 0) is 13.0 Å². The predicted octanol–water partition coefficient (Wildman–Crippen LogP) is 2.20. The van der Waals surface area contributed by atoms with Gasteiger partial charge >= 0.3 is 5.97 Å². The molecule has 20 heavy (non-hydrogen) atoms. The van der Waals surface area contributed by atoms with Crippen molar-refractivity contribution in [3.05, 3.63) is 40.1 Å². The summed E-state index contributed by atoms with van der Waals surface area (Å²) in [7, 11) is 0. The maximum Gasteiger partial charge on any atom is 0.338 e. The number of carboxylic acid groups (broad SMARTS) is 1. The van der Waals surface area contributed by atoms with Gasteiger partial charge in [0.25, 0.3) is 0 Å². The molecule has 1 aromatic rings. The van der Waals surface area contributed by atoms with Crippen LogP contribution >= 0.6 is 0 Å². The number of benzene rings is 1. The lowest BCUT2D eigenvalue weighted by Crippen LogP contribution is -2.21. The van der Waals surface area contributed by atoms with Gasteiger partial charge in [0.05, 0.1) is 12.1 Å². The van der Waals surface area contributed by atoms with E-state index in [-0.39, 0.29) is 34.5 Å². The summed E-state index contributed by atoms with van der Waals surface area (Å²) < 4.78 is 28.5. The maximum absolute atomic E-state index is 14.5. The number of carbonyl (C=O) groups is 2. The number of allylic oxidation sites excluding steroid dienone is 1. The van der Waals surface area contributed by atoms with E-state index in [0.717, 1.165) is 6.07 Å². The first-order chi connectivity index (χ1) is 9.38. The molecule has 0 saturated carbocycles. The monoisotopic (exact) mass is 280 g/mol. The van der Waals surface area contributed by atoms with Crippen molar-refractivity contribution in [1.82, 2.24) is 5.32 Å². The molecule has 1 atom stereocenters. The molecule has 105 valence electrons. The molecule has 0 fully saturated rings. The molecular weight excluding hydrogens is 268 g/mol. The zero-order chi connectivity index (χ0) is 15.0. The van der Waals surface area contributed by atoms with Crippen LogP contribution in [0, 0.1) is 11.6 Å². The SMILES string of the molecule is CC1=C(C(=O)O)c2c(F)c(C(C)C=O)cc(F)c2C[N]1. The Morgan fingerprint density at radius 2 is 2.15 bits per heavy atom. The van der Waals surface area contributed by atoms with Crippen LogP contribution in [0.4, 0.5) is 8.78 Å². The van der Waals surface area contributed by atoms with Crippen molar-refractivity contribution in [3.8, 4) is 0 Å². The topological polar surface area (TPSA) is 68.5 Å². The van der Waals surface area contributed by atoms with E-state index >= 15 is 0 Å². The van der Waals surface area contributed by atoms with E-state index in [2.05, 4.69) is 5.32 Å². The van der Waals surface area contributed by atoms with Crippen molar-refractivity contribution in [3.63, 3.8) is 0 Å². The minimum Gasteiger partial charge on any atom is -0.478 e. The van der Waals surface area contributed by atoms with Crippen LogP contribution in [-0.4, -0.2) is 17.4 Å². The quantitative estimate of drug-likeness (QED) is 0.863. The largest absolute Gasteiger partial charge is 0.478 e. The highest BCUT2D eigenvalue weighted by Gasteiger charge is 2.31. The summed E-state index contributed by atoms with van der Waals surface area (Å²) in [4.78, 5) is 22.0. The van der Waals surface area contributed by atoms with E-state index in [1.807, 2.05) is 0 Å². The number of halogens is 2. The fourth-order valence-electron chi connectivity index (χ4n) is 2.22. The summed E-state index contributed by atoms with van der Waals surface area (Å²) in [5, 5.41) is 13.1.